The molecule has 1 aliphatic heterocycles. The van der Waals surface area contributed by atoms with Crippen LogP contribution in [0.5, 0.6) is 0 Å². The maximum absolute atomic E-state index is 11.9. The summed E-state index contributed by atoms with van der Waals surface area (Å²) in [7, 11) is 0. The number of benzene rings is 1. The van der Waals surface area contributed by atoms with Crippen molar-refractivity contribution in [2.24, 2.45) is 0 Å². The molecule has 3 aromatic heterocycles. The van der Waals surface area contributed by atoms with Gasteiger partial charge in [0.15, 0.2) is 0 Å². The van der Waals surface area contributed by atoms with Gasteiger partial charge in [-0.05, 0) is 49.4 Å². The van der Waals surface area contributed by atoms with Crippen molar-refractivity contribution >= 4 is 39.5 Å². The minimum Gasteiger partial charge on any atom is -0.447 e. The Kier molecular flexibility index (Phi) is 6.67. The Morgan fingerprint density at radius 3 is 2.51 bits per heavy atom. The normalized spacial score (nSPS) is 19.8. The van der Waals surface area contributed by atoms with E-state index < -0.39 is 0 Å². The summed E-state index contributed by atoms with van der Waals surface area (Å²) in [5.74, 6) is 1.21. The standard InChI is InChI=1S/C27H28N6O3S/c34-21-8-6-18(7-9-21)28-26-29-19(14-17-4-2-1-3-5-17)15-20(30-26)16-24-31-22-10-11-23(32-25(22)37-24)33-12-13-36-27(33)35/h1-5,10-11,15,18,21,34H,6-9,12-14,16H2,(H,28,29,30). The number of carbonyl (C=O) groups is 1. The molecule has 1 aromatic carbocycles. The third-order valence-electron chi connectivity index (χ3n) is 6.75. The van der Waals surface area contributed by atoms with E-state index in [-0.39, 0.29) is 18.2 Å². The van der Waals surface area contributed by atoms with Gasteiger partial charge in [0.25, 0.3) is 0 Å². The van der Waals surface area contributed by atoms with Crippen molar-refractivity contribution < 1.29 is 14.6 Å². The van der Waals surface area contributed by atoms with Crippen molar-refractivity contribution in [2.75, 3.05) is 23.4 Å². The number of pyridine rings is 1. The zero-order valence-electron chi connectivity index (χ0n) is 20.3. The Labute approximate surface area is 218 Å². The first-order chi connectivity index (χ1) is 18.1. The number of carbonyl (C=O) groups excluding carboxylic acids is 1. The molecule has 37 heavy (non-hydrogen) atoms. The molecule has 0 spiro atoms. The van der Waals surface area contributed by atoms with Crippen molar-refractivity contribution in [3.05, 3.63) is 70.5 Å². The Hall–Kier alpha value is -3.63. The van der Waals surface area contributed by atoms with Gasteiger partial charge in [0.1, 0.15) is 27.8 Å². The quantitative estimate of drug-likeness (QED) is 0.373. The first-order valence-electron chi connectivity index (χ1n) is 12.7. The predicted molar refractivity (Wildman–Crippen MR) is 142 cm³/mol. The minimum absolute atomic E-state index is 0.205. The van der Waals surface area contributed by atoms with Crippen molar-refractivity contribution in [3.8, 4) is 0 Å². The van der Waals surface area contributed by atoms with Gasteiger partial charge in [-0.3, -0.25) is 4.90 Å². The van der Waals surface area contributed by atoms with Crippen molar-refractivity contribution in [1.82, 2.24) is 19.9 Å². The van der Waals surface area contributed by atoms with Gasteiger partial charge >= 0.3 is 6.09 Å². The van der Waals surface area contributed by atoms with Crippen LogP contribution in [0.4, 0.5) is 16.6 Å². The fourth-order valence-corrected chi connectivity index (χ4v) is 5.79. The third kappa shape index (κ3) is 5.55. The molecule has 0 atom stereocenters. The number of ether oxygens (including phenoxy) is 1. The highest BCUT2D eigenvalue weighted by Gasteiger charge is 2.25. The Bertz CT molecular complexity index is 1400. The van der Waals surface area contributed by atoms with Crippen LogP contribution in [0.2, 0.25) is 0 Å². The number of nitrogens with zero attached hydrogens (tertiary/aromatic N) is 5. The number of hydrogen-bond acceptors (Lipinski definition) is 9. The van der Waals surface area contributed by atoms with Crippen LogP contribution in [0.25, 0.3) is 10.3 Å². The van der Waals surface area contributed by atoms with Gasteiger partial charge in [-0.2, -0.15) is 0 Å². The predicted octanol–water partition coefficient (Wildman–Crippen LogP) is 4.33. The summed E-state index contributed by atoms with van der Waals surface area (Å²) in [6.07, 6.45) is 4.10. The summed E-state index contributed by atoms with van der Waals surface area (Å²) in [5, 5.41) is 14.3. The second-order valence-corrected chi connectivity index (χ2v) is 10.6. The lowest BCUT2D eigenvalue weighted by Gasteiger charge is -2.26. The number of aliphatic hydroxyl groups is 1. The number of amides is 1. The Morgan fingerprint density at radius 1 is 0.973 bits per heavy atom. The molecule has 6 rings (SSSR count). The van der Waals surface area contributed by atoms with Crippen molar-refractivity contribution in [1.29, 1.82) is 0 Å². The molecular weight excluding hydrogens is 488 g/mol. The number of hydrogen-bond donors (Lipinski definition) is 2. The van der Waals surface area contributed by atoms with E-state index in [0.717, 1.165) is 52.4 Å². The van der Waals surface area contributed by atoms with E-state index >= 15 is 0 Å². The molecule has 9 nitrogen and oxygen atoms in total. The van der Waals surface area contributed by atoms with Crippen molar-refractivity contribution in [3.63, 3.8) is 0 Å². The highest BCUT2D eigenvalue weighted by molar-refractivity contribution is 7.18. The minimum atomic E-state index is -0.365. The monoisotopic (exact) mass is 516 g/mol. The molecular formula is C27H28N6O3S. The largest absolute Gasteiger partial charge is 0.447 e. The van der Waals surface area contributed by atoms with Crippen LogP contribution >= 0.6 is 11.3 Å². The lowest BCUT2D eigenvalue weighted by Crippen LogP contribution is -2.29. The summed E-state index contributed by atoms with van der Waals surface area (Å²) in [4.78, 5) is 33.4. The molecule has 190 valence electrons. The lowest BCUT2D eigenvalue weighted by molar-refractivity contribution is 0.126. The first-order valence-corrected chi connectivity index (χ1v) is 13.5. The fraction of sp³-hybridized carbons (Fsp3) is 0.370. The topological polar surface area (TPSA) is 113 Å². The van der Waals surface area contributed by atoms with Gasteiger partial charge in [0.2, 0.25) is 5.95 Å². The molecule has 4 heterocycles. The van der Waals surface area contributed by atoms with E-state index in [1.165, 1.54) is 16.9 Å². The van der Waals surface area contributed by atoms with Crippen LogP contribution in [0.1, 0.15) is 47.6 Å². The highest BCUT2D eigenvalue weighted by atomic mass is 32.1. The number of aromatic nitrogens is 4. The molecule has 4 aromatic rings. The van der Waals surface area contributed by atoms with E-state index in [2.05, 4.69) is 22.4 Å². The molecule has 2 aliphatic rings. The second-order valence-electron chi connectivity index (χ2n) is 9.53. The van der Waals surface area contributed by atoms with Crippen LogP contribution < -0.4 is 10.2 Å². The summed E-state index contributed by atoms with van der Waals surface area (Å²) < 4.78 is 5.04. The van der Waals surface area contributed by atoms with Crippen LogP contribution in [-0.2, 0) is 17.6 Å². The van der Waals surface area contributed by atoms with E-state index in [0.29, 0.717) is 37.8 Å². The van der Waals surface area contributed by atoms with Gasteiger partial charge in [-0.1, -0.05) is 41.7 Å². The number of anilines is 2. The number of thiazole rings is 1. The van der Waals surface area contributed by atoms with Gasteiger partial charge in [-0.25, -0.2) is 24.7 Å². The summed E-state index contributed by atoms with van der Waals surface area (Å²) in [5.41, 5.74) is 3.83. The van der Waals surface area contributed by atoms with Crippen LogP contribution in [0.15, 0.2) is 48.5 Å². The number of fused-ring (bicyclic) bond motifs is 1. The van der Waals surface area contributed by atoms with Crippen LogP contribution in [-0.4, -0.2) is 56.4 Å². The maximum Gasteiger partial charge on any atom is 0.415 e. The number of rotatable bonds is 7. The van der Waals surface area contributed by atoms with Crippen LogP contribution in [0, 0.1) is 0 Å². The summed E-state index contributed by atoms with van der Waals surface area (Å²) >= 11 is 1.51. The Morgan fingerprint density at radius 2 is 1.76 bits per heavy atom. The molecule has 1 amide bonds. The Balaban J connectivity index is 1.26. The highest BCUT2D eigenvalue weighted by Crippen LogP contribution is 2.27. The zero-order valence-corrected chi connectivity index (χ0v) is 21.2. The molecule has 2 N–H and O–H groups in total. The average Bonchev–Trinajstić information content (AvgIpc) is 3.50. The summed E-state index contributed by atoms with van der Waals surface area (Å²) in [6.45, 7) is 0.882. The fourth-order valence-electron chi connectivity index (χ4n) is 4.84. The molecule has 0 radical (unpaired) electrons. The SMILES string of the molecule is O=C1OCCN1c1ccc2nc(Cc3cc(Cc4ccccc4)nc(NC4CCC(O)CC4)n3)sc2n1. The van der Waals surface area contributed by atoms with Crippen molar-refractivity contribution in [2.45, 2.75) is 50.7 Å². The number of nitrogens with one attached hydrogen (secondary N) is 1. The maximum atomic E-state index is 11.9. The molecule has 0 bridgehead atoms. The molecule has 10 heteroatoms. The van der Waals surface area contributed by atoms with Gasteiger partial charge in [0.05, 0.1) is 24.0 Å². The summed E-state index contributed by atoms with van der Waals surface area (Å²) in [6, 6.07) is 16.3. The van der Waals surface area contributed by atoms with E-state index in [1.54, 1.807) is 4.90 Å². The van der Waals surface area contributed by atoms with Gasteiger partial charge in [-0.15, -0.1) is 0 Å². The van der Waals surface area contributed by atoms with E-state index in [9.17, 15) is 9.90 Å². The average molecular weight is 517 g/mol. The molecule has 1 saturated carbocycles. The van der Waals surface area contributed by atoms with Crippen LogP contribution in [0.3, 0.4) is 0 Å². The number of cyclic esters (lactones) is 1. The van der Waals surface area contributed by atoms with Gasteiger partial charge < -0.3 is 15.2 Å². The molecule has 1 saturated heterocycles. The number of aliphatic hydroxyl groups excluding tert-OH is 1. The molecule has 2 fully saturated rings. The lowest BCUT2D eigenvalue weighted by atomic mass is 9.93. The third-order valence-corrected chi connectivity index (χ3v) is 7.71. The van der Waals surface area contributed by atoms with E-state index in [1.807, 2.05) is 36.4 Å². The molecule has 1 aliphatic carbocycles. The van der Waals surface area contributed by atoms with Gasteiger partial charge in [0, 0.05) is 18.9 Å². The second kappa shape index (κ2) is 10.4. The van der Waals surface area contributed by atoms with E-state index in [4.69, 9.17) is 19.7 Å². The first kappa shape index (κ1) is 23.7. The zero-order chi connectivity index (χ0) is 25.2. The smallest absolute Gasteiger partial charge is 0.415 e. The molecule has 0 unspecified atom stereocenters.